The Kier molecular flexibility index (Phi) is 5.40. The number of aryl methyl sites for hydroxylation is 1. The van der Waals surface area contributed by atoms with Crippen LogP contribution in [-0.2, 0) is 23.1 Å². The second kappa shape index (κ2) is 8.10. The van der Waals surface area contributed by atoms with E-state index >= 15 is 0 Å². The SMILES string of the molecule is Cn1cc([C@@H]2NC(=O)CC[C@H]2NCc2ccc(N3CCOCC3)cc2)cn1. The highest BCUT2D eigenvalue weighted by Crippen LogP contribution is 2.24. The average molecular weight is 369 g/mol. The van der Waals surface area contributed by atoms with Crippen LogP contribution < -0.4 is 15.5 Å². The van der Waals surface area contributed by atoms with Crippen molar-refractivity contribution >= 4 is 11.6 Å². The minimum Gasteiger partial charge on any atom is -0.378 e. The van der Waals surface area contributed by atoms with Gasteiger partial charge in [-0.1, -0.05) is 12.1 Å². The fourth-order valence-electron chi connectivity index (χ4n) is 3.83. The summed E-state index contributed by atoms with van der Waals surface area (Å²) in [6.07, 6.45) is 5.20. The van der Waals surface area contributed by atoms with Crippen LogP contribution in [0.1, 0.15) is 30.0 Å². The first-order chi connectivity index (χ1) is 13.2. The van der Waals surface area contributed by atoms with E-state index in [1.54, 1.807) is 4.68 Å². The maximum absolute atomic E-state index is 11.9. The number of hydrogen-bond acceptors (Lipinski definition) is 5. The van der Waals surface area contributed by atoms with Gasteiger partial charge in [0.1, 0.15) is 0 Å². The summed E-state index contributed by atoms with van der Waals surface area (Å²) in [4.78, 5) is 14.2. The molecule has 1 aromatic carbocycles. The van der Waals surface area contributed by atoms with Crippen molar-refractivity contribution in [3.8, 4) is 0 Å². The van der Waals surface area contributed by atoms with Crippen molar-refractivity contribution in [1.82, 2.24) is 20.4 Å². The zero-order valence-corrected chi connectivity index (χ0v) is 15.7. The van der Waals surface area contributed by atoms with Crippen LogP contribution in [0, 0.1) is 0 Å². The lowest BCUT2D eigenvalue weighted by Crippen LogP contribution is -2.48. The predicted octanol–water partition coefficient (Wildman–Crippen LogP) is 1.37. The first-order valence-electron chi connectivity index (χ1n) is 9.62. The molecule has 7 heteroatoms. The summed E-state index contributed by atoms with van der Waals surface area (Å²) in [6.45, 7) is 4.28. The van der Waals surface area contributed by atoms with Gasteiger partial charge < -0.3 is 20.3 Å². The Morgan fingerprint density at radius 3 is 2.74 bits per heavy atom. The lowest BCUT2D eigenvalue weighted by Gasteiger charge is -2.32. The van der Waals surface area contributed by atoms with E-state index in [4.69, 9.17) is 4.74 Å². The fourth-order valence-corrected chi connectivity index (χ4v) is 3.83. The second-order valence-electron chi connectivity index (χ2n) is 7.28. The van der Waals surface area contributed by atoms with E-state index < -0.39 is 0 Å². The van der Waals surface area contributed by atoms with Crippen LogP contribution in [-0.4, -0.2) is 48.0 Å². The fraction of sp³-hybridized carbons (Fsp3) is 0.500. The first-order valence-corrected chi connectivity index (χ1v) is 9.62. The summed E-state index contributed by atoms with van der Waals surface area (Å²) in [7, 11) is 1.90. The monoisotopic (exact) mass is 369 g/mol. The number of ether oxygens (including phenoxy) is 1. The van der Waals surface area contributed by atoms with Crippen LogP contribution >= 0.6 is 0 Å². The van der Waals surface area contributed by atoms with Crippen molar-refractivity contribution in [1.29, 1.82) is 0 Å². The van der Waals surface area contributed by atoms with Crippen molar-refractivity contribution in [2.45, 2.75) is 31.5 Å². The maximum atomic E-state index is 11.9. The molecule has 1 aromatic heterocycles. The average Bonchev–Trinajstić information content (AvgIpc) is 3.14. The highest BCUT2D eigenvalue weighted by molar-refractivity contribution is 5.77. The van der Waals surface area contributed by atoms with E-state index in [1.807, 2.05) is 19.4 Å². The summed E-state index contributed by atoms with van der Waals surface area (Å²) in [5.74, 6) is 0.108. The molecule has 0 spiro atoms. The van der Waals surface area contributed by atoms with Gasteiger partial charge in [0.05, 0.1) is 25.5 Å². The van der Waals surface area contributed by atoms with E-state index in [2.05, 4.69) is 44.9 Å². The Balaban J connectivity index is 1.38. The largest absolute Gasteiger partial charge is 0.378 e. The van der Waals surface area contributed by atoms with Gasteiger partial charge in [0.25, 0.3) is 0 Å². The van der Waals surface area contributed by atoms with Crippen molar-refractivity contribution in [2.24, 2.45) is 7.05 Å². The van der Waals surface area contributed by atoms with Gasteiger partial charge in [-0.05, 0) is 24.1 Å². The molecule has 0 radical (unpaired) electrons. The van der Waals surface area contributed by atoms with Gasteiger partial charge in [0.15, 0.2) is 0 Å². The molecule has 2 aliphatic rings. The number of nitrogens with zero attached hydrogens (tertiary/aromatic N) is 3. The van der Waals surface area contributed by atoms with E-state index in [-0.39, 0.29) is 18.0 Å². The van der Waals surface area contributed by atoms with Gasteiger partial charge in [-0.15, -0.1) is 0 Å². The zero-order valence-electron chi connectivity index (χ0n) is 15.7. The Labute approximate surface area is 159 Å². The lowest BCUT2D eigenvalue weighted by molar-refractivity contribution is -0.123. The van der Waals surface area contributed by atoms with Crippen molar-refractivity contribution in [3.05, 3.63) is 47.8 Å². The smallest absolute Gasteiger partial charge is 0.220 e. The molecule has 2 fully saturated rings. The van der Waals surface area contributed by atoms with Crippen molar-refractivity contribution in [2.75, 3.05) is 31.2 Å². The molecular formula is C20H27N5O2. The molecule has 144 valence electrons. The van der Waals surface area contributed by atoms with Crippen LogP contribution in [0.2, 0.25) is 0 Å². The molecule has 7 nitrogen and oxygen atoms in total. The highest BCUT2D eigenvalue weighted by atomic mass is 16.5. The summed E-state index contributed by atoms with van der Waals surface area (Å²) >= 11 is 0. The van der Waals surface area contributed by atoms with Gasteiger partial charge in [0.2, 0.25) is 5.91 Å². The normalized spacial score (nSPS) is 23.3. The van der Waals surface area contributed by atoms with Crippen LogP contribution in [0.15, 0.2) is 36.7 Å². The number of carbonyl (C=O) groups excluding carboxylic acids is 1. The summed E-state index contributed by atoms with van der Waals surface area (Å²) in [5, 5.41) is 11.0. The number of benzene rings is 1. The molecule has 2 aromatic rings. The van der Waals surface area contributed by atoms with Crippen LogP contribution in [0.3, 0.4) is 0 Å². The lowest BCUT2D eigenvalue weighted by atomic mass is 9.93. The maximum Gasteiger partial charge on any atom is 0.220 e. The number of piperidine rings is 1. The summed E-state index contributed by atoms with van der Waals surface area (Å²) in [5.41, 5.74) is 3.54. The highest BCUT2D eigenvalue weighted by Gasteiger charge is 2.30. The van der Waals surface area contributed by atoms with E-state index in [0.717, 1.165) is 44.8 Å². The molecule has 2 N–H and O–H groups in total. The Bertz CT molecular complexity index is 767. The number of carbonyl (C=O) groups is 1. The number of amides is 1. The zero-order chi connectivity index (χ0) is 18.6. The number of hydrogen-bond donors (Lipinski definition) is 2. The van der Waals surface area contributed by atoms with E-state index in [9.17, 15) is 4.79 Å². The summed E-state index contributed by atoms with van der Waals surface area (Å²) < 4.78 is 7.19. The van der Waals surface area contributed by atoms with Crippen LogP contribution in [0.5, 0.6) is 0 Å². The summed E-state index contributed by atoms with van der Waals surface area (Å²) in [6, 6.07) is 8.89. The molecule has 0 unspecified atom stereocenters. The predicted molar refractivity (Wildman–Crippen MR) is 103 cm³/mol. The van der Waals surface area contributed by atoms with Crippen molar-refractivity contribution in [3.63, 3.8) is 0 Å². The molecule has 2 saturated heterocycles. The minimum atomic E-state index is -0.0347. The Morgan fingerprint density at radius 1 is 1.26 bits per heavy atom. The molecule has 3 heterocycles. The van der Waals surface area contributed by atoms with Crippen LogP contribution in [0.25, 0.3) is 0 Å². The second-order valence-corrected chi connectivity index (χ2v) is 7.28. The van der Waals surface area contributed by atoms with Gasteiger partial charge in [-0.25, -0.2) is 0 Å². The van der Waals surface area contributed by atoms with Gasteiger partial charge >= 0.3 is 0 Å². The molecule has 0 aliphatic carbocycles. The van der Waals surface area contributed by atoms with Crippen LogP contribution in [0.4, 0.5) is 5.69 Å². The molecule has 4 rings (SSSR count). The topological polar surface area (TPSA) is 71.4 Å². The van der Waals surface area contributed by atoms with Gasteiger partial charge in [-0.2, -0.15) is 5.10 Å². The number of nitrogens with one attached hydrogen (secondary N) is 2. The number of aromatic nitrogens is 2. The quantitative estimate of drug-likeness (QED) is 0.833. The third-order valence-corrected chi connectivity index (χ3v) is 5.37. The first kappa shape index (κ1) is 18.0. The number of morpholine rings is 1. The minimum absolute atomic E-state index is 0.0347. The molecular weight excluding hydrogens is 342 g/mol. The van der Waals surface area contributed by atoms with E-state index in [0.29, 0.717) is 6.42 Å². The molecule has 0 bridgehead atoms. The third kappa shape index (κ3) is 4.31. The molecule has 2 aliphatic heterocycles. The van der Waals surface area contributed by atoms with Crippen molar-refractivity contribution < 1.29 is 9.53 Å². The number of anilines is 1. The third-order valence-electron chi connectivity index (χ3n) is 5.37. The molecule has 1 amide bonds. The van der Waals surface area contributed by atoms with E-state index in [1.165, 1.54) is 11.3 Å². The van der Waals surface area contributed by atoms with Gasteiger partial charge in [-0.3, -0.25) is 9.48 Å². The number of rotatable bonds is 5. The Hall–Kier alpha value is -2.38. The molecule has 2 atom stereocenters. The Morgan fingerprint density at radius 2 is 2.04 bits per heavy atom. The standard InChI is InChI=1S/C20H27N5O2/c1-24-14-16(13-22-24)20-18(6-7-19(26)23-20)21-12-15-2-4-17(5-3-15)25-8-10-27-11-9-25/h2-5,13-14,18,20-21H,6-12H2,1H3,(H,23,26)/t18-,20+/m1/s1. The molecule has 27 heavy (non-hydrogen) atoms. The molecule has 0 saturated carbocycles. The van der Waals surface area contributed by atoms with Gasteiger partial charge in [0, 0.05) is 56.6 Å².